The van der Waals surface area contributed by atoms with E-state index in [1.54, 1.807) is 13.3 Å². The number of rotatable bonds is 7. The fourth-order valence-corrected chi connectivity index (χ4v) is 3.05. The zero-order valence-corrected chi connectivity index (χ0v) is 17.8. The van der Waals surface area contributed by atoms with E-state index in [-0.39, 0.29) is 11.7 Å². The molecule has 0 fully saturated rings. The van der Waals surface area contributed by atoms with Crippen molar-refractivity contribution >= 4 is 35.1 Å². The van der Waals surface area contributed by atoms with E-state index in [1.807, 2.05) is 85.8 Å². The lowest BCUT2D eigenvalue weighted by molar-refractivity contribution is 0.102. The second-order valence-corrected chi connectivity index (χ2v) is 7.14. The van der Waals surface area contributed by atoms with Crippen molar-refractivity contribution in [3.8, 4) is 5.75 Å². The minimum atomic E-state index is -0.322. The molecule has 3 aromatic carbocycles. The summed E-state index contributed by atoms with van der Waals surface area (Å²) >= 11 is 0. The fourth-order valence-electron chi connectivity index (χ4n) is 3.05. The van der Waals surface area contributed by atoms with Crippen LogP contribution in [-0.4, -0.2) is 29.4 Å². The summed E-state index contributed by atoms with van der Waals surface area (Å²) in [5.74, 6) is 1.15. The molecule has 0 radical (unpaired) electrons. The summed E-state index contributed by atoms with van der Waals surface area (Å²) in [5.41, 5.74) is 3.85. The van der Waals surface area contributed by atoms with Gasteiger partial charge in [-0.25, -0.2) is 4.99 Å². The van der Waals surface area contributed by atoms with E-state index in [0.717, 1.165) is 22.6 Å². The van der Waals surface area contributed by atoms with E-state index < -0.39 is 0 Å². The highest BCUT2D eigenvalue weighted by atomic mass is 16.5. The Morgan fingerprint density at radius 1 is 0.969 bits per heavy atom. The van der Waals surface area contributed by atoms with Gasteiger partial charge in [-0.2, -0.15) is 5.10 Å². The average Bonchev–Trinajstić information content (AvgIpc) is 3.22. The van der Waals surface area contributed by atoms with Gasteiger partial charge in [-0.05, 0) is 48.9 Å². The Morgan fingerprint density at radius 3 is 2.38 bits per heavy atom. The first-order chi connectivity index (χ1) is 15.6. The molecule has 0 atom stereocenters. The van der Waals surface area contributed by atoms with Gasteiger partial charge in [0.15, 0.2) is 5.82 Å². The summed E-state index contributed by atoms with van der Waals surface area (Å²) in [5, 5.41) is 13.3. The Kier molecular flexibility index (Phi) is 6.27. The summed E-state index contributed by atoms with van der Waals surface area (Å²) in [6, 6.07) is 24.6. The van der Waals surface area contributed by atoms with Crippen LogP contribution in [0.5, 0.6) is 5.75 Å². The number of carbonyl (C=O) groups is 1. The van der Waals surface area contributed by atoms with Gasteiger partial charge in [0.2, 0.25) is 0 Å². The predicted molar refractivity (Wildman–Crippen MR) is 128 cm³/mol. The van der Waals surface area contributed by atoms with Gasteiger partial charge in [-0.15, -0.1) is 0 Å². The Hall–Kier alpha value is -4.39. The number of anilines is 3. The van der Waals surface area contributed by atoms with Crippen molar-refractivity contribution in [2.24, 2.45) is 4.99 Å². The smallest absolute Gasteiger partial charge is 0.263 e. The molecule has 7 nitrogen and oxygen atoms in total. The van der Waals surface area contributed by atoms with Crippen LogP contribution < -0.4 is 15.4 Å². The minimum Gasteiger partial charge on any atom is -0.497 e. The number of para-hydroxylation sites is 1. The maximum Gasteiger partial charge on any atom is 0.263 e. The molecule has 0 aliphatic carbocycles. The number of amides is 1. The molecule has 160 valence electrons. The molecule has 7 heteroatoms. The van der Waals surface area contributed by atoms with E-state index >= 15 is 0 Å². The maximum absolute atomic E-state index is 13.2. The van der Waals surface area contributed by atoms with E-state index in [4.69, 9.17) is 4.74 Å². The van der Waals surface area contributed by atoms with Gasteiger partial charge in [0, 0.05) is 17.6 Å². The van der Waals surface area contributed by atoms with Crippen LogP contribution in [0, 0.1) is 6.92 Å². The van der Waals surface area contributed by atoms with Crippen LogP contribution in [0.1, 0.15) is 21.5 Å². The molecule has 0 aliphatic rings. The lowest BCUT2D eigenvalue weighted by Gasteiger charge is -2.09. The van der Waals surface area contributed by atoms with Crippen molar-refractivity contribution in [2.45, 2.75) is 6.92 Å². The second kappa shape index (κ2) is 9.61. The lowest BCUT2D eigenvalue weighted by atomic mass is 10.2. The molecular weight excluding hydrogens is 402 g/mol. The van der Waals surface area contributed by atoms with Gasteiger partial charge in [0.1, 0.15) is 17.1 Å². The van der Waals surface area contributed by atoms with E-state index in [9.17, 15) is 4.79 Å². The standard InChI is InChI=1S/C25H23N5O2/c1-17-8-10-18(11-9-17)16-26-23-22(25(31)28-19-6-4-3-5-7-19)24(30-29-23)27-20-12-14-21(32-2)15-13-20/h3-16H,1-2H3,(H,28,31)(H2,27,29,30). The van der Waals surface area contributed by atoms with Gasteiger partial charge in [0.05, 0.1) is 7.11 Å². The van der Waals surface area contributed by atoms with Gasteiger partial charge in [-0.1, -0.05) is 48.0 Å². The molecule has 0 unspecified atom stereocenters. The van der Waals surface area contributed by atoms with Crippen LogP contribution in [-0.2, 0) is 0 Å². The molecule has 3 N–H and O–H groups in total. The van der Waals surface area contributed by atoms with Crippen LogP contribution in [0.3, 0.4) is 0 Å². The first-order valence-electron chi connectivity index (χ1n) is 10.1. The van der Waals surface area contributed by atoms with Crippen molar-refractivity contribution in [2.75, 3.05) is 17.7 Å². The largest absolute Gasteiger partial charge is 0.497 e. The quantitative estimate of drug-likeness (QED) is 0.342. The molecule has 32 heavy (non-hydrogen) atoms. The molecule has 4 aromatic rings. The predicted octanol–water partition coefficient (Wildman–Crippen LogP) is 5.47. The fraction of sp³-hybridized carbons (Fsp3) is 0.0800. The summed E-state index contributed by atoms with van der Waals surface area (Å²) in [4.78, 5) is 17.6. The first-order valence-corrected chi connectivity index (χ1v) is 10.1. The highest BCUT2D eigenvalue weighted by Gasteiger charge is 2.21. The number of benzene rings is 3. The molecule has 1 aromatic heterocycles. The molecule has 0 aliphatic heterocycles. The van der Waals surface area contributed by atoms with Crippen LogP contribution in [0.15, 0.2) is 83.9 Å². The van der Waals surface area contributed by atoms with Gasteiger partial charge in [-0.3, -0.25) is 9.89 Å². The number of aromatic nitrogens is 2. The highest BCUT2D eigenvalue weighted by molar-refractivity contribution is 6.11. The number of hydrogen-bond acceptors (Lipinski definition) is 5. The zero-order chi connectivity index (χ0) is 22.3. The summed E-state index contributed by atoms with van der Waals surface area (Å²) in [6.45, 7) is 2.03. The SMILES string of the molecule is COc1ccc(Nc2[nH]nc(N=Cc3ccc(C)cc3)c2C(=O)Nc2ccccc2)cc1. The van der Waals surface area contributed by atoms with Gasteiger partial charge in [0.25, 0.3) is 5.91 Å². The summed E-state index contributed by atoms with van der Waals surface area (Å²) in [7, 11) is 1.61. The van der Waals surface area contributed by atoms with Crippen molar-refractivity contribution < 1.29 is 9.53 Å². The number of nitrogens with zero attached hydrogens (tertiary/aromatic N) is 2. The van der Waals surface area contributed by atoms with Gasteiger partial charge < -0.3 is 15.4 Å². The number of H-pyrrole nitrogens is 1. The van der Waals surface area contributed by atoms with E-state index in [2.05, 4.69) is 25.8 Å². The molecule has 0 spiro atoms. The van der Waals surface area contributed by atoms with Crippen molar-refractivity contribution in [3.05, 3.63) is 95.6 Å². The molecule has 0 saturated heterocycles. The number of aryl methyl sites for hydroxylation is 1. The summed E-state index contributed by atoms with van der Waals surface area (Å²) in [6.07, 6.45) is 1.69. The first kappa shape index (κ1) is 20.9. The van der Waals surface area contributed by atoms with Crippen molar-refractivity contribution in [1.82, 2.24) is 10.2 Å². The number of nitrogens with one attached hydrogen (secondary N) is 3. The third-order valence-electron chi connectivity index (χ3n) is 4.78. The lowest BCUT2D eigenvalue weighted by Crippen LogP contribution is -2.13. The number of aliphatic imine (C=N–C) groups is 1. The normalized spacial score (nSPS) is 10.8. The van der Waals surface area contributed by atoms with Crippen LogP contribution in [0.25, 0.3) is 0 Å². The molecule has 0 bridgehead atoms. The molecule has 1 heterocycles. The maximum atomic E-state index is 13.2. The van der Waals surface area contributed by atoms with E-state index in [1.165, 1.54) is 0 Å². The summed E-state index contributed by atoms with van der Waals surface area (Å²) < 4.78 is 5.20. The zero-order valence-electron chi connectivity index (χ0n) is 17.8. The van der Waals surface area contributed by atoms with Crippen molar-refractivity contribution in [3.63, 3.8) is 0 Å². The Bertz CT molecular complexity index is 1210. The average molecular weight is 425 g/mol. The third kappa shape index (κ3) is 5.02. The minimum absolute atomic E-state index is 0.287. The number of hydrogen-bond donors (Lipinski definition) is 3. The highest BCUT2D eigenvalue weighted by Crippen LogP contribution is 2.28. The van der Waals surface area contributed by atoms with E-state index in [0.29, 0.717) is 17.1 Å². The van der Waals surface area contributed by atoms with Crippen LogP contribution >= 0.6 is 0 Å². The monoisotopic (exact) mass is 425 g/mol. The molecule has 1 amide bonds. The van der Waals surface area contributed by atoms with Crippen LogP contribution in [0.2, 0.25) is 0 Å². The number of aromatic amines is 1. The second-order valence-electron chi connectivity index (χ2n) is 7.14. The van der Waals surface area contributed by atoms with Crippen molar-refractivity contribution in [1.29, 1.82) is 0 Å². The Balaban J connectivity index is 1.65. The number of methoxy groups -OCH3 is 1. The number of ether oxygens (including phenoxy) is 1. The molecule has 4 rings (SSSR count). The molecular formula is C25H23N5O2. The number of carbonyl (C=O) groups excluding carboxylic acids is 1. The Morgan fingerprint density at radius 2 is 1.69 bits per heavy atom. The van der Waals surface area contributed by atoms with Crippen LogP contribution in [0.4, 0.5) is 23.0 Å². The van der Waals surface area contributed by atoms with Gasteiger partial charge >= 0.3 is 0 Å². The Labute approximate surface area is 186 Å². The third-order valence-corrected chi connectivity index (χ3v) is 4.78. The topological polar surface area (TPSA) is 91.4 Å². The molecule has 0 saturated carbocycles.